The lowest BCUT2D eigenvalue weighted by molar-refractivity contribution is -0.0323. The minimum absolute atomic E-state index is 0.0296. The van der Waals surface area contributed by atoms with Crippen LogP contribution in [-0.4, -0.2) is 21.4 Å². The summed E-state index contributed by atoms with van der Waals surface area (Å²) in [5, 5.41) is 30.6. The normalized spacial score (nSPS) is 37.3. The van der Waals surface area contributed by atoms with E-state index >= 15 is 0 Å². The van der Waals surface area contributed by atoms with E-state index in [9.17, 15) is 15.3 Å². The van der Waals surface area contributed by atoms with Crippen LogP contribution in [0.2, 0.25) is 0 Å². The van der Waals surface area contributed by atoms with Gasteiger partial charge in [0, 0.05) is 0 Å². The molecule has 0 aromatic heterocycles. The van der Waals surface area contributed by atoms with E-state index in [1.807, 2.05) is 12.1 Å². The van der Waals surface area contributed by atoms with E-state index in [1.54, 1.807) is 12.1 Å². The molecule has 2 aromatic carbocycles. The molecule has 0 heterocycles. The molecule has 3 unspecified atom stereocenters. The number of hydrogen-bond donors (Lipinski definition) is 3. The Bertz CT molecular complexity index is 858. The molecule has 2 aromatic rings. The number of aliphatic hydroxyl groups excluding tert-OH is 1. The van der Waals surface area contributed by atoms with Crippen molar-refractivity contribution in [3.05, 3.63) is 59.2 Å². The van der Waals surface area contributed by atoms with Crippen LogP contribution in [0.5, 0.6) is 11.5 Å². The standard InChI is InChI=1S/C24H28O3/c1-24-13-20(14-2-5-16(25)6-3-14)23-18-9-7-17(26)12-15(18)4-8-19(23)21(24)10-11-22(24)27/h2-3,5-7,9,12,19-23,25-27H,4,8,10-11,13H2,1H3/t19?,20-,21?,22+,23?,24+/m1/s1. The summed E-state index contributed by atoms with van der Waals surface area (Å²) in [5.41, 5.74) is 3.88. The van der Waals surface area contributed by atoms with E-state index in [1.165, 1.54) is 16.7 Å². The number of benzene rings is 2. The first-order valence-electron chi connectivity index (χ1n) is 10.3. The van der Waals surface area contributed by atoms with E-state index < -0.39 is 0 Å². The highest BCUT2D eigenvalue weighted by atomic mass is 16.3. The first kappa shape index (κ1) is 17.1. The minimum atomic E-state index is -0.218. The molecule has 0 aliphatic heterocycles. The molecule has 0 spiro atoms. The van der Waals surface area contributed by atoms with Crippen LogP contribution in [-0.2, 0) is 6.42 Å². The predicted octanol–water partition coefficient (Wildman–Crippen LogP) is 4.71. The number of aryl methyl sites for hydroxylation is 1. The van der Waals surface area contributed by atoms with Gasteiger partial charge < -0.3 is 15.3 Å². The van der Waals surface area contributed by atoms with E-state index in [4.69, 9.17) is 0 Å². The van der Waals surface area contributed by atoms with Gasteiger partial charge in [-0.15, -0.1) is 0 Å². The van der Waals surface area contributed by atoms with Gasteiger partial charge in [-0.3, -0.25) is 0 Å². The molecule has 5 rings (SSSR count). The Morgan fingerprint density at radius 2 is 1.67 bits per heavy atom. The Balaban J connectivity index is 1.65. The van der Waals surface area contributed by atoms with Gasteiger partial charge in [-0.25, -0.2) is 0 Å². The largest absolute Gasteiger partial charge is 0.508 e. The zero-order chi connectivity index (χ0) is 18.8. The van der Waals surface area contributed by atoms with Crippen LogP contribution in [0, 0.1) is 17.3 Å². The quantitative estimate of drug-likeness (QED) is 0.687. The average molecular weight is 364 g/mol. The van der Waals surface area contributed by atoms with Crippen molar-refractivity contribution < 1.29 is 15.3 Å². The zero-order valence-electron chi connectivity index (χ0n) is 15.8. The molecule has 142 valence electrons. The van der Waals surface area contributed by atoms with Crippen LogP contribution >= 0.6 is 0 Å². The molecule has 0 bridgehead atoms. The van der Waals surface area contributed by atoms with E-state index in [0.29, 0.717) is 35.2 Å². The van der Waals surface area contributed by atoms with Gasteiger partial charge in [-0.2, -0.15) is 0 Å². The highest BCUT2D eigenvalue weighted by molar-refractivity contribution is 5.43. The van der Waals surface area contributed by atoms with Gasteiger partial charge in [0.1, 0.15) is 11.5 Å². The molecule has 3 N–H and O–H groups in total. The van der Waals surface area contributed by atoms with Crippen LogP contribution in [0.3, 0.4) is 0 Å². The molecule has 0 radical (unpaired) electrons. The van der Waals surface area contributed by atoms with E-state index in [2.05, 4.69) is 25.1 Å². The molecule has 6 atom stereocenters. The van der Waals surface area contributed by atoms with Gasteiger partial charge in [0.2, 0.25) is 0 Å². The van der Waals surface area contributed by atoms with Crippen molar-refractivity contribution in [1.82, 2.24) is 0 Å². The second-order valence-corrected chi connectivity index (χ2v) is 9.22. The van der Waals surface area contributed by atoms with Crippen molar-refractivity contribution >= 4 is 0 Å². The van der Waals surface area contributed by atoms with E-state index in [-0.39, 0.29) is 11.5 Å². The van der Waals surface area contributed by atoms with Crippen LogP contribution < -0.4 is 0 Å². The number of phenols is 2. The number of rotatable bonds is 1. The van der Waals surface area contributed by atoms with Crippen LogP contribution in [0.15, 0.2) is 42.5 Å². The van der Waals surface area contributed by atoms with Crippen molar-refractivity contribution in [2.24, 2.45) is 17.3 Å². The molecule has 0 saturated heterocycles. The van der Waals surface area contributed by atoms with Crippen molar-refractivity contribution in [1.29, 1.82) is 0 Å². The molecular formula is C24H28O3. The maximum atomic E-state index is 10.8. The fraction of sp³-hybridized carbons (Fsp3) is 0.500. The highest BCUT2D eigenvalue weighted by Crippen LogP contribution is 2.65. The topological polar surface area (TPSA) is 60.7 Å². The number of aliphatic hydroxyl groups is 1. The summed E-state index contributed by atoms with van der Waals surface area (Å²) < 4.78 is 0. The predicted molar refractivity (Wildman–Crippen MR) is 105 cm³/mol. The number of phenolic OH excluding ortho intramolecular Hbond substituents is 2. The molecule has 3 aliphatic rings. The first-order valence-corrected chi connectivity index (χ1v) is 10.3. The third-order valence-electron chi connectivity index (χ3n) is 7.98. The smallest absolute Gasteiger partial charge is 0.115 e. The minimum Gasteiger partial charge on any atom is -0.508 e. The summed E-state index contributed by atoms with van der Waals surface area (Å²) in [4.78, 5) is 0. The Morgan fingerprint density at radius 1 is 0.926 bits per heavy atom. The van der Waals surface area contributed by atoms with Gasteiger partial charge in [-0.05, 0) is 102 Å². The third kappa shape index (κ3) is 2.51. The lowest BCUT2D eigenvalue weighted by atomic mass is 9.51. The molecule has 0 amide bonds. The Morgan fingerprint density at radius 3 is 2.44 bits per heavy atom. The van der Waals surface area contributed by atoms with Crippen molar-refractivity contribution in [3.63, 3.8) is 0 Å². The molecule has 3 aliphatic carbocycles. The van der Waals surface area contributed by atoms with Gasteiger partial charge in [0.05, 0.1) is 6.10 Å². The fourth-order valence-corrected chi connectivity index (χ4v) is 6.71. The molecule has 3 heteroatoms. The lowest BCUT2D eigenvalue weighted by Gasteiger charge is -2.54. The van der Waals surface area contributed by atoms with Gasteiger partial charge in [-0.1, -0.05) is 25.1 Å². The molecule has 3 nitrogen and oxygen atoms in total. The summed E-state index contributed by atoms with van der Waals surface area (Å²) in [7, 11) is 0. The summed E-state index contributed by atoms with van der Waals surface area (Å²) in [6.07, 6.45) is 4.93. The van der Waals surface area contributed by atoms with Crippen LogP contribution in [0.1, 0.15) is 61.1 Å². The van der Waals surface area contributed by atoms with Crippen molar-refractivity contribution in [3.8, 4) is 11.5 Å². The summed E-state index contributed by atoms with van der Waals surface area (Å²) in [6.45, 7) is 2.30. The van der Waals surface area contributed by atoms with Crippen LogP contribution in [0.4, 0.5) is 0 Å². The monoisotopic (exact) mass is 364 g/mol. The number of fused-ring (bicyclic) bond motifs is 5. The Labute approximate surface area is 160 Å². The summed E-state index contributed by atoms with van der Waals surface area (Å²) >= 11 is 0. The van der Waals surface area contributed by atoms with Crippen molar-refractivity contribution in [2.75, 3.05) is 0 Å². The molecule has 27 heavy (non-hydrogen) atoms. The maximum absolute atomic E-state index is 10.8. The maximum Gasteiger partial charge on any atom is 0.115 e. The second-order valence-electron chi connectivity index (χ2n) is 9.22. The van der Waals surface area contributed by atoms with E-state index in [0.717, 1.165) is 32.1 Å². The Kier molecular flexibility index (Phi) is 3.80. The second kappa shape index (κ2) is 6.00. The first-order chi connectivity index (χ1) is 13.0. The highest BCUT2D eigenvalue weighted by Gasteiger charge is 2.57. The van der Waals surface area contributed by atoms with Gasteiger partial charge >= 0.3 is 0 Å². The third-order valence-corrected chi connectivity index (χ3v) is 7.98. The number of hydrogen-bond acceptors (Lipinski definition) is 3. The SMILES string of the molecule is C[C@]12C[C@H](c3ccc(O)cc3)C3c4ccc(O)cc4CCC3C1CC[C@@H]2O. The van der Waals surface area contributed by atoms with Crippen molar-refractivity contribution in [2.45, 2.75) is 57.0 Å². The average Bonchev–Trinajstić information content (AvgIpc) is 2.96. The van der Waals surface area contributed by atoms with Crippen LogP contribution in [0.25, 0.3) is 0 Å². The molecule has 2 saturated carbocycles. The summed E-state index contributed by atoms with van der Waals surface area (Å²) in [6, 6.07) is 13.6. The molecular weight excluding hydrogens is 336 g/mol. The van der Waals surface area contributed by atoms with Gasteiger partial charge in [0.25, 0.3) is 0 Å². The molecule has 2 fully saturated rings. The number of aromatic hydroxyl groups is 2. The van der Waals surface area contributed by atoms with Gasteiger partial charge in [0.15, 0.2) is 0 Å². The Hall–Kier alpha value is -2.00. The lowest BCUT2D eigenvalue weighted by Crippen LogP contribution is -2.47. The fourth-order valence-electron chi connectivity index (χ4n) is 6.71. The summed E-state index contributed by atoms with van der Waals surface area (Å²) in [5.74, 6) is 2.52. The zero-order valence-corrected chi connectivity index (χ0v) is 15.8.